The molecule has 0 radical (unpaired) electrons. The van der Waals surface area contributed by atoms with Crippen LogP contribution in [0, 0.1) is 0 Å². The number of rotatable bonds is 7. The number of esters is 1. The lowest BCUT2D eigenvalue weighted by Gasteiger charge is -2.13. The molecule has 1 aromatic carbocycles. The quantitative estimate of drug-likeness (QED) is 0.420. The van der Waals surface area contributed by atoms with Gasteiger partial charge in [0.05, 0.1) is 17.1 Å². The summed E-state index contributed by atoms with van der Waals surface area (Å²) in [5.41, 5.74) is 2.28. The van der Waals surface area contributed by atoms with E-state index in [0.29, 0.717) is 34.5 Å². The number of ether oxygens (including phenoxy) is 1. The molecule has 1 heterocycles. The summed E-state index contributed by atoms with van der Waals surface area (Å²) in [6, 6.07) is 6.31. The third-order valence-corrected chi connectivity index (χ3v) is 7.61. The van der Waals surface area contributed by atoms with Crippen LogP contribution in [0.15, 0.2) is 29.2 Å². The van der Waals surface area contributed by atoms with E-state index in [4.69, 9.17) is 17.0 Å². The number of thiocarbonyl (C=S) groups is 1. The number of carbonyl (C=O) groups excluding carboxylic acids is 1. The second kappa shape index (κ2) is 9.86. The molecule has 1 aliphatic rings. The minimum Gasteiger partial charge on any atom is -0.462 e. The van der Waals surface area contributed by atoms with Gasteiger partial charge in [0.15, 0.2) is 5.11 Å². The monoisotopic (exact) mass is 467 g/mol. The molecule has 3 N–H and O–H groups in total. The minimum absolute atomic E-state index is 0.185. The zero-order chi connectivity index (χ0) is 21.7. The van der Waals surface area contributed by atoms with Gasteiger partial charge in [0.25, 0.3) is 0 Å². The first-order chi connectivity index (χ1) is 14.4. The number of hydrogen-bond donors (Lipinski definition) is 3. The lowest BCUT2D eigenvalue weighted by molar-refractivity contribution is 0.0526. The average molecular weight is 468 g/mol. The molecule has 162 valence electrons. The van der Waals surface area contributed by atoms with Crippen molar-refractivity contribution < 1.29 is 17.9 Å². The van der Waals surface area contributed by atoms with Crippen molar-refractivity contribution in [2.45, 2.75) is 44.4 Å². The topological polar surface area (TPSA) is 96.5 Å². The van der Waals surface area contributed by atoms with Gasteiger partial charge in [-0.1, -0.05) is 6.92 Å². The molecule has 0 spiro atoms. The van der Waals surface area contributed by atoms with E-state index in [0.717, 1.165) is 31.2 Å². The van der Waals surface area contributed by atoms with Crippen LogP contribution in [-0.2, 0) is 27.6 Å². The first kappa shape index (κ1) is 22.7. The predicted molar refractivity (Wildman–Crippen MR) is 124 cm³/mol. The van der Waals surface area contributed by atoms with E-state index in [2.05, 4.69) is 15.4 Å². The van der Waals surface area contributed by atoms with E-state index in [1.807, 2.05) is 0 Å². The van der Waals surface area contributed by atoms with E-state index >= 15 is 0 Å². The summed E-state index contributed by atoms with van der Waals surface area (Å²) >= 11 is 6.96. The van der Waals surface area contributed by atoms with Crippen molar-refractivity contribution in [1.82, 2.24) is 4.72 Å². The van der Waals surface area contributed by atoms with Crippen molar-refractivity contribution in [3.05, 3.63) is 40.3 Å². The minimum atomic E-state index is -3.50. The molecular formula is C20H25N3O4S3. The molecule has 0 saturated heterocycles. The smallest absolute Gasteiger partial charge is 0.341 e. The van der Waals surface area contributed by atoms with Crippen molar-refractivity contribution in [1.29, 1.82) is 0 Å². The van der Waals surface area contributed by atoms with Gasteiger partial charge in [-0.3, -0.25) is 0 Å². The molecule has 3 rings (SSSR count). The lowest BCUT2D eigenvalue weighted by atomic mass is 9.95. The zero-order valence-electron chi connectivity index (χ0n) is 16.9. The standard InChI is InChI=1S/C20H25N3O4S3/c1-3-21-30(25,26)14-11-9-13(10-12-14)22-20(28)23-18-17(19(24)27-4-2)15-7-5-6-8-16(15)29-18/h9-12,21H,3-8H2,1-2H3,(H2,22,23,28). The van der Waals surface area contributed by atoms with E-state index in [1.54, 1.807) is 26.0 Å². The number of carbonyl (C=O) groups is 1. The highest BCUT2D eigenvalue weighted by Crippen LogP contribution is 2.38. The van der Waals surface area contributed by atoms with Crippen LogP contribution in [0.1, 0.15) is 47.5 Å². The van der Waals surface area contributed by atoms with Gasteiger partial charge in [-0.15, -0.1) is 11.3 Å². The van der Waals surface area contributed by atoms with Gasteiger partial charge in [0, 0.05) is 17.1 Å². The Labute approximate surface area is 186 Å². The molecule has 0 aliphatic heterocycles. The second-order valence-corrected chi connectivity index (χ2v) is 10.0. The molecule has 0 fully saturated rings. The molecule has 0 amide bonds. The van der Waals surface area contributed by atoms with Crippen LogP contribution in [0.2, 0.25) is 0 Å². The van der Waals surface area contributed by atoms with Crippen LogP contribution in [0.25, 0.3) is 0 Å². The van der Waals surface area contributed by atoms with Gasteiger partial charge in [0.2, 0.25) is 10.0 Å². The fraction of sp³-hybridized carbons (Fsp3) is 0.400. The van der Waals surface area contributed by atoms with Crippen molar-refractivity contribution in [2.75, 3.05) is 23.8 Å². The first-order valence-corrected chi connectivity index (χ1v) is 12.6. The van der Waals surface area contributed by atoms with E-state index in [9.17, 15) is 13.2 Å². The average Bonchev–Trinajstić information content (AvgIpc) is 3.06. The lowest BCUT2D eigenvalue weighted by Crippen LogP contribution is -2.23. The number of aryl methyl sites for hydroxylation is 1. The largest absolute Gasteiger partial charge is 0.462 e. The third kappa shape index (κ3) is 5.18. The van der Waals surface area contributed by atoms with Crippen LogP contribution in [-0.4, -0.2) is 32.7 Å². The molecule has 2 aromatic rings. The number of nitrogens with one attached hydrogen (secondary N) is 3. The Kier molecular flexibility index (Phi) is 7.45. The molecule has 10 heteroatoms. The van der Waals surface area contributed by atoms with Gasteiger partial charge in [0.1, 0.15) is 5.00 Å². The summed E-state index contributed by atoms with van der Waals surface area (Å²) in [6.07, 6.45) is 3.99. The van der Waals surface area contributed by atoms with Crippen LogP contribution in [0.5, 0.6) is 0 Å². The van der Waals surface area contributed by atoms with Crippen LogP contribution in [0.4, 0.5) is 10.7 Å². The Bertz CT molecular complexity index is 1030. The SMILES string of the molecule is CCNS(=O)(=O)c1ccc(NC(=S)Nc2sc3c(c2C(=O)OCC)CCCC3)cc1. The summed E-state index contributed by atoms with van der Waals surface area (Å²) < 4.78 is 31.8. The van der Waals surface area contributed by atoms with Gasteiger partial charge in [-0.25, -0.2) is 17.9 Å². The summed E-state index contributed by atoms with van der Waals surface area (Å²) in [5, 5.41) is 7.17. The highest BCUT2D eigenvalue weighted by Gasteiger charge is 2.26. The van der Waals surface area contributed by atoms with E-state index < -0.39 is 10.0 Å². The molecule has 30 heavy (non-hydrogen) atoms. The maximum Gasteiger partial charge on any atom is 0.341 e. The predicted octanol–water partition coefficient (Wildman–Crippen LogP) is 3.91. The summed E-state index contributed by atoms with van der Waals surface area (Å²) in [7, 11) is -3.50. The maximum absolute atomic E-state index is 12.5. The Morgan fingerprint density at radius 1 is 1.13 bits per heavy atom. The van der Waals surface area contributed by atoms with Crippen molar-refractivity contribution >= 4 is 55.3 Å². The summed E-state index contributed by atoms with van der Waals surface area (Å²) in [6.45, 7) is 4.15. The molecule has 0 unspecified atom stereocenters. The molecule has 0 atom stereocenters. The summed E-state index contributed by atoms with van der Waals surface area (Å²) in [5.74, 6) is -0.333. The number of fused-ring (bicyclic) bond motifs is 1. The Balaban J connectivity index is 1.75. The molecule has 0 saturated carbocycles. The summed E-state index contributed by atoms with van der Waals surface area (Å²) in [4.78, 5) is 13.9. The molecule has 0 bridgehead atoms. The van der Waals surface area contributed by atoms with Gasteiger partial charge >= 0.3 is 5.97 Å². The van der Waals surface area contributed by atoms with E-state index in [-0.39, 0.29) is 10.9 Å². The van der Waals surface area contributed by atoms with E-state index in [1.165, 1.54) is 28.3 Å². The Morgan fingerprint density at radius 3 is 2.50 bits per heavy atom. The Morgan fingerprint density at radius 2 is 1.83 bits per heavy atom. The number of benzene rings is 1. The van der Waals surface area contributed by atoms with Crippen molar-refractivity contribution in [3.8, 4) is 0 Å². The second-order valence-electron chi connectivity index (χ2n) is 6.74. The number of hydrogen-bond acceptors (Lipinski definition) is 6. The molecule has 1 aliphatic carbocycles. The van der Waals surface area contributed by atoms with Crippen LogP contribution >= 0.6 is 23.6 Å². The van der Waals surface area contributed by atoms with Crippen LogP contribution < -0.4 is 15.4 Å². The number of thiophene rings is 1. The first-order valence-electron chi connectivity index (χ1n) is 9.85. The third-order valence-electron chi connectivity index (χ3n) is 4.63. The highest BCUT2D eigenvalue weighted by molar-refractivity contribution is 7.89. The van der Waals surface area contributed by atoms with Crippen LogP contribution in [0.3, 0.4) is 0 Å². The fourth-order valence-electron chi connectivity index (χ4n) is 3.33. The Hall–Kier alpha value is -2.01. The molecule has 7 nitrogen and oxygen atoms in total. The number of sulfonamides is 1. The maximum atomic E-state index is 12.5. The number of anilines is 2. The molecular weight excluding hydrogens is 442 g/mol. The molecule has 1 aromatic heterocycles. The van der Waals surface area contributed by atoms with Crippen molar-refractivity contribution in [2.24, 2.45) is 0 Å². The van der Waals surface area contributed by atoms with Crippen molar-refractivity contribution in [3.63, 3.8) is 0 Å². The van der Waals surface area contributed by atoms with Gasteiger partial charge in [-0.2, -0.15) is 0 Å². The highest BCUT2D eigenvalue weighted by atomic mass is 32.2. The van der Waals surface area contributed by atoms with Gasteiger partial charge in [-0.05, 0) is 74.7 Å². The normalized spacial score (nSPS) is 13.4. The zero-order valence-corrected chi connectivity index (χ0v) is 19.4. The fourth-order valence-corrected chi connectivity index (χ4v) is 5.94. The van der Waals surface area contributed by atoms with Gasteiger partial charge < -0.3 is 15.4 Å².